The van der Waals surface area contributed by atoms with E-state index in [-0.39, 0.29) is 6.10 Å². The zero-order valence-electron chi connectivity index (χ0n) is 12.4. The highest BCUT2D eigenvalue weighted by Gasteiger charge is 2.15. The Balaban J connectivity index is 2.26. The molecule has 0 aliphatic heterocycles. The molecule has 0 aliphatic rings. The molecule has 0 radical (unpaired) electrons. The predicted molar refractivity (Wildman–Crippen MR) is 78.6 cm³/mol. The Hall–Kier alpha value is -1.88. The van der Waals surface area contributed by atoms with Gasteiger partial charge in [0.2, 0.25) is 0 Å². The van der Waals surface area contributed by atoms with Crippen LogP contribution in [-0.2, 0) is 16.1 Å². The predicted octanol–water partition coefficient (Wildman–Crippen LogP) is 3.10. The Morgan fingerprint density at radius 3 is 2.60 bits per heavy atom. The highest BCUT2D eigenvalue weighted by atomic mass is 16.6. The van der Waals surface area contributed by atoms with E-state index in [1.54, 1.807) is 20.8 Å². The monoisotopic (exact) mass is 278 g/mol. The number of nitrogens with zero attached hydrogens (tertiary/aromatic N) is 1. The van der Waals surface area contributed by atoms with Crippen LogP contribution in [0, 0.1) is 0 Å². The van der Waals surface area contributed by atoms with Gasteiger partial charge in [0.1, 0.15) is 5.60 Å². The first-order valence-corrected chi connectivity index (χ1v) is 6.54. The largest absolute Gasteiger partial charge is 0.443 e. The lowest BCUT2D eigenvalue weighted by atomic mass is 10.2. The second-order valence-electron chi connectivity index (χ2n) is 5.39. The molecule has 0 saturated heterocycles. The van der Waals surface area contributed by atoms with Gasteiger partial charge < -0.3 is 9.47 Å². The van der Waals surface area contributed by atoms with Gasteiger partial charge >= 0.3 is 6.09 Å². The summed E-state index contributed by atoms with van der Waals surface area (Å²) in [5.74, 6) is 0. The van der Waals surface area contributed by atoms with Crippen LogP contribution in [0.15, 0.2) is 35.4 Å². The minimum atomic E-state index is -0.580. The number of benzene rings is 1. The quantitative estimate of drug-likeness (QED) is 0.665. The Morgan fingerprint density at radius 1 is 1.35 bits per heavy atom. The molecule has 0 saturated carbocycles. The number of hydrogen-bond donors (Lipinski definition) is 1. The Bertz CT molecular complexity index is 438. The van der Waals surface area contributed by atoms with Gasteiger partial charge in [-0.3, -0.25) is 0 Å². The van der Waals surface area contributed by atoms with Gasteiger partial charge in [-0.05, 0) is 33.3 Å². The number of rotatable bonds is 5. The van der Waals surface area contributed by atoms with Gasteiger partial charge in [-0.1, -0.05) is 30.3 Å². The lowest BCUT2D eigenvalue weighted by Crippen LogP contribution is -2.30. The molecule has 0 aliphatic carbocycles. The molecular weight excluding hydrogens is 256 g/mol. The van der Waals surface area contributed by atoms with Crippen molar-refractivity contribution in [1.29, 1.82) is 0 Å². The van der Waals surface area contributed by atoms with Crippen LogP contribution < -0.4 is 5.43 Å². The molecule has 1 atom stereocenters. The van der Waals surface area contributed by atoms with Crippen LogP contribution in [0.2, 0.25) is 0 Å². The van der Waals surface area contributed by atoms with E-state index >= 15 is 0 Å². The van der Waals surface area contributed by atoms with E-state index in [2.05, 4.69) is 10.5 Å². The Labute approximate surface area is 120 Å². The molecule has 0 heterocycles. The molecule has 0 spiro atoms. The maximum Gasteiger partial charge on any atom is 0.428 e. The maximum absolute atomic E-state index is 11.3. The summed E-state index contributed by atoms with van der Waals surface area (Å²) in [4.78, 5) is 11.3. The van der Waals surface area contributed by atoms with Crippen LogP contribution in [0.5, 0.6) is 0 Å². The molecule has 0 fully saturated rings. The van der Waals surface area contributed by atoms with Crippen molar-refractivity contribution in [1.82, 2.24) is 5.43 Å². The smallest absolute Gasteiger partial charge is 0.428 e. The van der Waals surface area contributed by atoms with E-state index in [1.807, 2.05) is 37.3 Å². The summed E-state index contributed by atoms with van der Waals surface area (Å²) in [7, 11) is 0. The number of carbonyl (C=O) groups is 1. The Kier molecular flexibility index (Phi) is 6.18. The lowest BCUT2D eigenvalue weighted by Gasteiger charge is -2.18. The van der Waals surface area contributed by atoms with Gasteiger partial charge in [-0.15, -0.1) is 0 Å². The molecule has 0 unspecified atom stereocenters. The van der Waals surface area contributed by atoms with Crippen LogP contribution in [0.25, 0.3) is 0 Å². The highest BCUT2D eigenvalue weighted by Crippen LogP contribution is 2.06. The first-order chi connectivity index (χ1) is 9.37. The van der Waals surface area contributed by atoms with E-state index in [9.17, 15) is 4.79 Å². The van der Waals surface area contributed by atoms with E-state index in [4.69, 9.17) is 9.47 Å². The molecule has 1 aromatic carbocycles. The van der Waals surface area contributed by atoms with E-state index in [0.29, 0.717) is 6.61 Å². The van der Waals surface area contributed by atoms with Crippen LogP contribution >= 0.6 is 0 Å². The molecule has 110 valence electrons. The molecular formula is C15H22N2O3. The van der Waals surface area contributed by atoms with E-state index in [1.165, 1.54) is 6.21 Å². The molecule has 1 aromatic rings. The van der Waals surface area contributed by atoms with E-state index < -0.39 is 11.7 Å². The van der Waals surface area contributed by atoms with Crippen molar-refractivity contribution in [3.63, 3.8) is 0 Å². The number of ether oxygens (including phenoxy) is 2. The van der Waals surface area contributed by atoms with Gasteiger partial charge in [0.25, 0.3) is 0 Å². The third-order valence-corrected chi connectivity index (χ3v) is 2.19. The molecule has 1 N–H and O–H groups in total. The van der Waals surface area contributed by atoms with Crippen LogP contribution in [0.4, 0.5) is 4.79 Å². The fraction of sp³-hybridized carbons (Fsp3) is 0.467. The standard InChI is InChI=1S/C15H22N2O3/c1-12(19-11-13-8-6-5-7-9-13)10-16-17-14(18)20-15(2,3)4/h5-10,12H,11H2,1-4H3,(H,17,18)/t12-/m0/s1. The van der Waals surface area contributed by atoms with Crippen molar-refractivity contribution in [3.05, 3.63) is 35.9 Å². The van der Waals surface area contributed by atoms with Gasteiger partial charge in [-0.2, -0.15) is 5.10 Å². The molecule has 0 bridgehead atoms. The van der Waals surface area contributed by atoms with Crippen LogP contribution in [0.3, 0.4) is 0 Å². The minimum Gasteiger partial charge on any atom is -0.443 e. The Morgan fingerprint density at radius 2 is 2.00 bits per heavy atom. The van der Waals surface area contributed by atoms with Crippen molar-refractivity contribution in [3.8, 4) is 0 Å². The lowest BCUT2D eigenvalue weighted by molar-refractivity contribution is 0.0528. The minimum absolute atomic E-state index is 0.204. The van der Waals surface area contributed by atoms with Gasteiger partial charge in [-0.25, -0.2) is 10.2 Å². The fourth-order valence-electron chi connectivity index (χ4n) is 1.34. The fourth-order valence-corrected chi connectivity index (χ4v) is 1.34. The van der Waals surface area contributed by atoms with Crippen molar-refractivity contribution < 1.29 is 14.3 Å². The summed E-state index contributed by atoms with van der Waals surface area (Å²) >= 11 is 0. The molecule has 5 heteroatoms. The summed E-state index contributed by atoms with van der Waals surface area (Å²) in [6.45, 7) is 7.73. The normalized spacial score (nSPS) is 13.2. The van der Waals surface area contributed by atoms with Crippen molar-refractivity contribution in [2.24, 2.45) is 5.10 Å². The molecule has 5 nitrogen and oxygen atoms in total. The van der Waals surface area contributed by atoms with Gasteiger partial charge in [0.15, 0.2) is 0 Å². The zero-order chi connectivity index (χ0) is 15.0. The summed E-state index contributed by atoms with van der Waals surface area (Å²) in [5, 5.41) is 3.79. The van der Waals surface area contributed by atoms with Crippen molar-refractivity contribution >= 4 is 12.3 Å². The summed E-state index contributed by atoms with van der Waals surface area (Å²) in [5.41, 5.74) is 2.85. The number of carbonyl (C=O) groups excluding carboxylic acids is 1. The summed E-state index contributed by atoms with van der Waals surface area (Å²) in [6.07, 6.45) is 0.738. The first kappa shape index (κ1) is 16.2. The second kappa shape index (κ2) is 7.65. The maximum atomic E-state index is 11.3. The average Bonchev–Trinajstić information content (AvgIpc) is 2.35. The molecule has 20 heavy (non-hydrogen) atoms. The number of nitrogens with one attached hydrogen (secondary N) is 1. The summed E-state index contributed by atoms with van der Waals surface area (Å²) in [6, 6.07) is 9.85. The van der Waals surface area contributed by atoms with Crippen molar-refractivity contribution in [2.75, 3.05) is 0 Å². The van der Waals surface area contributed by atoms with E-state index in [0.717, 1.165) is 5.56 Å². The second-order valence-corrected chi connectivity index (χ2v) is 5.39. The highest BCUT2D eigenvalue weighted by molar-refractivity contribution is 5.70. The van der Waals surface area contributed by atoms with Gasteiger partial charge in [0.05, 0.1) is 18.9 Å². The topological polar surface area (TPSA) is 59.9 Å². The molecule has 0 aromatic heterocycles. The SMILES string of the molecule is C[C@@H](C=NNC(=O)OC(C)(C)C)OCc1ccccc1. The zero-order valence-corrected chi connectivity index (χ0v) is 12.4. The third-order valence-electron chi connectivity index (χ3n) is 2.19. The number of hydrogen-bond acceptors (Lipinski definition) is 4. The van der Waals surface area contributed by atoms with Crippen LogP contribution in [-0.4, -0.2) is 24.0 Å². The van der Waals surface area contributed by atoms with Crippen molar-refractivity contribution in [2.45, 2.75) is 46.0 Å². The third kappa shape index (κ3) is 7.53. The average molecular weight is 278 g/mol. The molecule has 1 amide bonds. The number of amides is 1. The summed E-state index contributed by atoms with van der Waals surface area (Å²) < 4.78 is 10.6. The van der Waals surface area contributed by atoms with Crippen LogP contribution in [0.1, 0.15) is 33.3 Å². The molecule has 1 rings (SSSR count). The first-order valence-electron chi connectivity index (χ1n) is 6.54. The van der Waals surface area contributed by atoms with Gasteiger partial charge in [0, 0.05) is 0 Å². The number of hydrazone groups is 1.